The summed E-state index contributed by atoms with van der Waals surface area (Å²) in [7, 11) is 0. The summed E-state index contributed by atoms with van der Waals surface area (Å²) < 4.78 is 5.83. The molecule has 2 fully saturated rings. The summed E-state index contributed by atoms with van der Waals surface area (Å²) in [5, 5.41) is 3.41. The Morgan fingerprint density at radius 3 is 2.48 bits per heavy atom. The maximum absolute atomic E-state index is 11.3. The zero-order chi connectivity index (χ0) is 22.2. The predicted octanol–water partition coefficient (Wildman–Crippen LogP) is 2.35. The second-order valence-corrected chi connectivity index (χ2v) is 9.06. The van der Waals surface area contributed by atoms with Crippen LogP contribution < -0.4 is 11.1 Å². The smallest absolute Gasteiger partial charge is 0.217 e. The van der Waals surface area contributed by atoms with Crippen molar-refractivity contribution in [3.63, 3.8) is 0 Å². The van der Waals surface area contributed by atoms with Gasteiger partial charge in [0.25, 0.3) is 0 Å². The van der Waals surface area contributed by atoms with Gasteiger partial charge >= 0.3 is 0 Å². The summed E-state index contributed by atoms with van der Waals surface area (Å²) >= 11 is 0. The number of amides is 1. The molecule has 0 spiro atoms. The SMILES string of the molecule is CCNC(=NCc1ccc(CN2CC(C)OC(C)C2)cc1)N1CCCC(CC(N)=O)C1. The van der Waals surface area contributed by atoms with Gasteiger partial charge in [-0.25, -0.2) is 4.99 Å². The molecule has 0 aromatic heterocycles. The highest BCUT2D eigenvalue weighted by Crippen LogP contribution is 2.20. The third kappa shape index (κ3) is 7.51. The molecule has 0 radical (unpaired) electrons. The van der Waals surface area contributed by atoms with Gasteiger partial charge in [-0.3, -0.25) is 9.69 Å². The number of nitrogens with two attached hydrogens (primary N) is 1. The molecule has 172 valence electrons. The fraction of sp³-hybridized carbons (Fsp3) is 0.667. The molecule has 0 saturated carbocycles. The van der Waals surface area contributed by atoms with E-state index in [2.05, 4.69) is 60.2 Å². The zero-order valence-corrected chi connectivity index (χ0v) is 19.3. The summed E-state index contributed by atoms with van der Waals surface area (Å²) in [5.41, 5.74) is 7.94. The van der Waals surface area contributed by atoms with E-state index in [4.69, 9.17) is 15.5 Å². The third-order valence-corrected chi connectivity index (χ3v) is 5.98. The standard InChI is InChI=1S/C24H39N5O2/c1-4-26-24(29-11-5-6-22(17-29)12-23(25)30)27-13-20-7-9-21(10-8-20)16-28-14-18(2)31-19(3)15-28/h7-10,18-19,22H,4-6,11-17H2,1-3H3,(H2,25,30)(H,26,27). The van der Waals surface area contributed by atoms with Gasteiger partial charge in [0.1, 0.15) is 0 Å². The number of morpholine rings is 1. The number of hydrogen-bond donors (Lipinski definition) is 2. The van der Waals surface area contributed by atoms with E-state index < -0.39 is 0 Å². The average molecular weight is 430 g/mol. The Kier molecular flexibility index (Phi) is 8.72. The van der Waals surface area contributed by atoms with Crippen molar-refractivity contribution in [1.29, 1.82) is 0 Å². The lowest BCUT2D eigenvalue weighted by Crippen LogP contribution is -2.47. The molecule has 2 aliphatic heterocycles. The number of primary amides is 1. The van der Waals surface area contributed by atoms with Crippen LogP contribution in [0, 0.1) is 5.92 Å². The van der Waals surface area contributed by atoms with Crippen LogP contribution in [-0.4, -0.2) is 66.6 Å². The minimum atomic E-state index is -0.213. The molecule has 2 saturated heterocycles. The van der Waals surface area contributed by atoms with E-state index in [1.807, 2.05) is 0 Å². The molecule has 3 N–H and O–H groups in total. The molecule has 3 unspecified atom stereocenters. The number of benzene rings is 1. The van der Waals surface area contributed by atoms with E-state index in [-0.39, 0.29) is 5.91 Å². The molecule has 0 bridgehead atoms. The lowest BCUT2D eigenvalue weighted by Gasteiger charge is -2.35. The van der Waals surface area contributed by atoms with Crippen molar-refractivity contribution in [3.8, 4) is 0 Å². The quantitative estimate of drug-likeness (QED) is 0.514. The third-order valence-electron chi connectivity index (χ3n) is 5.98. The Morgan fingerprint density at radius 1 is 1.16 bits per heavy atom. The van der Waals surface area contributed by atoms with Crippen molar-refractivity contribution in [2.24, 2.45) is 16.6 Å². The van der Waals surface area contributed by atoms with Crippen molar-refractivity contribution in [3.05, 3.63) is 35.4 Å². The Morgan fingerprint density at radius 2 is 1.84 bits per heavy atom. The molecule has 2 heterocycles. The molecule has 2 aliphatic rings. The summed E-state index contributed by atoms with van der Waals surface area (Å²) in [6.45, 7) is 12.6. The van der Waals surface area contributed by atoms with E-state index in [1.165, 1.54) is 11.1 Å². The van der Waals surface area contributed by atoms with Crippen molar-refractivity contribution in [2.45, 2.75) is 65.3 Å². The summed E-state index contributed by atoms with van der Waals surface area (Å²) in [6, 6.07) is 8.79. The lowest BCUT2D eigenvalue weighted by molar-refractivity contribution is -0.119. The van der Waals surface area contributed by atoms with Gasteiger partial charge in [0.05, 0.1) is 18.8 Å². The molecule has 7 heteroatoms. The Bertz CT molecular complexity index is 726. The van der Waals surface area contributed by atoms with Crippen molar-refractivity contribution in [2.75, 3.05) is 32.7 Å². The van der Waals surface area contributed by atoms with E-state index in [0.29, 0.717) is 31.1 Å². The van der Waals surface area contributed by atoms with Crippen molar-refractivity contribution < 1.29 is 9.53 Å². The van der Waals surface area contributed by atoms with Crippen LogP contribution in [0.5, 0.6) is 0 Å². The monoisotopic (exact) mass is 429 g/mol. The Labute approximate surface area is 187 Å². The van der Waals surface area contributed by atoms with Crippen molar-refractivity contribution in [1.82, 2.24) is 15.1 Å². The summed E-state index contributed by atoms with van der Waals surface area (Å²) in [5.74, 6) is 1.03. The van der Waals surface area contributed by atoms with Crippen LogP contribution in [0.4, 0.5) is 0 Å². The highest BCUT2D eigenvalue weighted by molar-refractivity contribution is 5.80. The minimum Gasteiger partial charge on any atom is -0.373 e. The number of nitrogens with one attached hydrogen (secondary N) is 1. The molecule has 7 nitrogen and oxygen atoms in total. The number of nitrogens with zero attached hydrogens (tertiary/aromatic N) is 3. The molecule has 1 amide bonds. The van der Waals surface area contributed by atoms with E-state index >= 15 is 0 Å². The van der Waals surface area contributed by atoms with Crippen LogP contribution >= 0.6 is 0 Å². The second kappa shape index (κ2) is 11.5. The highest BCUT2D eigenvalue weighted by atomic mass is 16.5. The van der Waals surface area contributed by atoms with Gasteiger partial charge in [-0.2, -0.15) is 0 Å². The largest absolute Gasteiger partial charge is 0.373 e. The van der Waals surface area contributed by atoms with Crippen LogP contribution in [-0.2, 0) is 22.6 Å². The average Bonchev–Trinajstić information content (AvgIpc) is 2.71. The van der Waals surface area contributed by atoms with Crippen LogP contribution in [0.25, 0.3) is 0 Å². The van der Waals surface area contributed by atoms with E-state index in [9.17, 15) is 4.79 Å². The zero-order valence-electron chi connectivity index (χ0n) is 19.3. The number of hydrogen-bond acceptors (Lipinski definition) is 4. The van der Waals surface area contributed by atoms with Gasteiger partial charge < -0.3 is 20.7 Å². The molecular formula is C24H39N5O2. The number of piperidine rings is 1. The molecule has 3 rings (SSSR count). The first-order valence-electron chi connectivity index (χ1n) is 11.7. The van der Waals surface area contributed by atoms with Gasteiger partial charge in [0.15, 0.2) is 5.96 Å². The maximum Gasteiger partial charge on any atom is 0.217 e. The topological polar surface area (TPSA) is 83.2 Å². The van der Waals surface area contributed by atoms with Crippen molar-refractivity contribution >= 4 is 11.9 Å². The van der Waals surface area contributed by atoms with E-state index in [0.717, 1.165) is 58.1 Å². The number of carbonyl (C=O) groups excluding carboxylic acids is 1. The minimum absolute atomic E-state index is 0.213. The number of ether oxygens (including phenoxy) is 1. The number of guanidine groups is 1. The normalized spacial score (nSPS) is 25.5. The van der Waals surface area contributed by atoms with Crippen LogP contribution in [0.15, 0.2) is 29.3 Å². The first-order valence-corrected chi connectivity index (χ1v) is 11.7. The fourth-order valence-electron chi connectivity index (χ4n) is 4.72. The molecule has 0 aliphatic carbocycles. The van der Waals surface area contributed by atoms with Gasteiger partial charge in [-0.15, -0.1) is 0 Å². The predicted molar refractivity (Wildman–Crippen MR) is 125 cm³/mol. The molecule has 31 heavy (non-hydrogen) atoms. The fourth-order valence-corrected chi connectivity index (χ4v) is 4.72. The first kappa shape index (κ1) is 23.5. The van der Waals surface area contributed by atoms with Gasteiger partial charge in [0, 0.05) is 45.7 Å². The number of carbonyl (C=O) groups is 1. The summed E-state index contributed by atoms with van der Waals surface area (Å²) in [6.07, 6.45) is 3.16. The van der Waals surface area contributed by atoms with Crippen LogP contribution in [0.1, 0.15) is 51.2 Å². The second-order valence-electron chi connectivity index (χ2n) is 9.06. The molecule has 1 aromatic rings. The molecule has 1 aromatic carbocycles. The number of aliphatic imine (C=N–C) groups is 1. The lowest BCUT2D eigenvalue weighted by atomic mass is 9.95. The number of likely N-dealkylation sites (tertiary alicyclic amines) is 1. The van der Waals surface area contributed by atoms with Gasteiger partial charge in [-0.05, 0) is 50.7 Å². The van der Waals surface area contributed by atoms with Gasteiger partial charge in [-0.1, -0.05) is 24.3 Å². The first-order chi connectivity index (χ1) is 14.9. The Hall–Kier alpha value is -2.12. The highest BCUT2D eigenvalue weighted by Gasteiger charge is 2.24. The van der Waals surface area contributed by atoms with Crippen LogP contribution in [0.3, 0.4) is 0 Å². The van der Waals surface area contributed by atoms with Gasteiger partial charge in [0.2, 0.25) is 5.91 Å². The maximum atomic E-state index is 11.3. The molecular weight excluding hydrogens is 390 g/mol. The number of rotatable bonds is 7. The Balaban J connectivity index is 1.57. The molecule has 3 atom stereocenters. The summed E-state index contributed by atoms with van der Waals surface area (Å²) in [4.78, 5) is 20.9. The van der Waals surface area contributed by atoms with E-state index in [1.54, 1.807) is 0 Å². The van der Waals surface area contributed by atoms with Crippen LogP contribution in [0.2, 0.25) is 0 Å².